The Hall–Kier alpha value is -3.06. The van der Waals surface area contributed by atoms with Crippen molar-refractivity contribution in [3.63, 3.8) is 0 Å². The first-order valence-electron chi connectivity index (χ1n) is 8.88. The number of amides is 2. The number of hydrogen-bond donors (Lipinski definition) is 2. The van der Waals surface area contributed by atoms with Gasteiger partial charge in [0.15, 0.2) is 0 Å². The lowest BCUT2D eigenvalue weighted by Gasteiger charge is -2.33. The second kappa shape index (κ2) is 8.31. The first kappa shape index (κ1) is 19.7. The largest absolute Gasteiger partial charge is 0.326 e. The molecule has 2 N–H and O–H groups in total. The summed E-state index contributed by atoms with van der Waals surface area (Å²) < 4.78 is 0. The normalized spacial score (nSPS) is 12.2. The van der Waals surface area contributed by atoms with Crippen LogP contribution in [0.3, 0.4) is 0 Å². The molecule has 7 heteroatoms. The standard InChI is InChI=1S/C21H22N4O2S/c1-14(26)23-17-11-9-16(10-12-17)18(15-7-5-4-6-8-15)21(2,3)19(27)24-20-25-22-13-28-20/h4-13,18H,1-3H3,(H,23,26)(H,24,25,27). The van der Waals surface area contributed by atoms with E-state index < -0.39 is 5.41 Å². The van der Waals surface area contributed by atoms with E-state index in [1.54, 1.807) is 5.51 Å². The van der Waals surface area contributed by atoms with E-state index in [-0.39, 0.29) is 17.7 Å². The summed E-state index contributed by atoms with van der Waals surface area (Å²) in [7, 11) is 0. The molecule has 1 atom stereocenters. The number of carbonyl (C=O) groups is 2. The van der Waals surface area contributed by atoms with Crippen LogP contribution in [0, 0.1) is 5.41 Å². The van der Waals surface area contributed by atoms with Gasteiger partial charge in [-0.3, -0.25) is 9.59 Å². The van der Waals surface area contributed by atoms with Crippen molar-refractivity contribution >= 4 is 34.0 Å². The van der Waals surface area contributed by atoms with Gasteiger partial charge < -0.3 is 10.6 Å². The second-order valence-corrected chi connectivity index (χ2v) is 7.90. The summed E-state index contributed by atoms with van der Waals surface area (Å²) in [6, 6.07) is 17.5. The molecule has 0 aliphatic carbocycles. The minimum Gasteiger partial charge on any atom is -0.326 e. The van der Waals surface area contributed by atoms with Gasteiger partial charge in [-0.2, -0.15) is 0 Å². The van der Waals surface area contributed by atoms with E-state index >= 15 is 0 Å². The van der Waals surface area contributed by atoms with Crippen molar-refractivity contribution in [2.75, 3.05) is 10.6 Å². The third-order valence-corrected chi connectivity index (χ3v) is 5.19. The molecule has 2 amide bonds. The highest BCUT2D eigenvalue weighted by atomic mass is 32.1. The molecule has 144 valence electrons. The number of rotatable bonds is 6. The molecule has 3 rings (SSSR count). The zero-order valence-corrected chi connectivity index (χ0v) is 16.8. The summed E-state index contributed by atoms with van der Waals surface area (Å²) in [5.74, 6) is -0.443. The molecular formula is C21H22N4O2S. The van der Waals surface area contributed by atoms with Gasteiger partial charge in [-0.05, 0) is 23.3 Å². The molecule has 1 heterocycles. The number of hydrogen-bond acceptors (Lipinski definition) is 5. The molecule has 1 aromatic heterocycles. The van der Waals surface area contributed by atoms with Crippen molar-refractivity contribution in [3.8, 4) is 0 Å². The quantitative estimate of drug-likeness (QED) is 0.653. The van der Waals surface area contributed by atoms with E-state index in [1.165, 1.54) is 18.3 Å². The van der Waals surface area contributed by atoms with Crippen molar-refractivity contribution in [3.05, 3.63) is 71.2 Å². The average molecular weight is 395 g/mol. The number of carbonyl (C=O) groups excluding carboxylic acids is 2. The van der Waals surface area contributed by atoms with Crippen molar-refractivity contribution < 1.29 is 9.59 Å². The van der Waals surface area contributed by atoms with Gasteiger partial charge >= 0.3 is 0 Å². The molecule has 2 aromatic carbocycles. The molecular weight excluding hydrogens is 372 g/mol. The number of nitrogens with one attached hydrogen (secondary N) is 2. The van der Waals surface area contributed by atoms with Crippen LogP contribution in [0.5, 0.6) is 0 Å². The summed E-state index contributed by atoms with van der Waals surface area (Å²) >= 11 is 1.28. The van der Waals surface area contributed by atoms with Crippen LogP contribution >= 0.6 is 11.3 Å². The molecule has 0 bridgehead atoms. The van der Waals surface area contributed by atoms with Crippen molar-refractivity contribution in [2.45, 2.75) is 26.7 Å². The minimum absolute atomic E-state index is 0.121. The first-order chi connectivity index (χ1) is 13.4. The molecule has 6 nitrogen and oxygen atoms in total. The molecule has 0 saturated carbocycles. The smallest absolute Gasteiger partial charge is 0.232 e. The molecule has 28 heavy (non-hydrogen) atoms. The van der Waals surface area contributed by atoms with Crippen LogP contribution in [-0.2, 0) is 9.59 Å². The maximum atomic E-state index is 13.1. The Balaban J connectivity index is 1.97. The van der Waals surface area contributed by atoms with E-state index in [0.29, 0.717) is 5.13 Å². The minimum atomic E-state index is -0.761. The summed E-state index contributed by atoms with van der Waals surface area (Å²) in [6.45, 7) is 5.31. The Morgan fingerprint density at radius 2 is 1.61 bits per heavy atom. The van der Waals surface area contributed by atoms with Gasteiger partial charge in [0.2, 0.25) is 16.9 Å². The van der Waals surface area contributed by atoms with Gasteiger partial charge in [-0.1, -0.05) is 67.6 Å². The monoisotopic (exact) mass is 394 g/mol. The lowest BCUT2D eigenvalue weighted by atomic mass is 9.70. The van der Waals surface area contributed by atoms with E-state index in [0.717, 1.165) is 16.8 Å². The zero-order valence-electron chi connectivity index (χ0n) is 16.0. The highest BCUT2D eigenvalue weighted by Crippen LogP contribution is 2.42. The van der Waals surface area contributed by atoms with Crippen LogP contribution in [0.25, 0.3) is 0 Å². The summed E-state index contributed by atoms with van der Waals surface area (Å²) in [4.78, 5) is 24.4. The van der Waals surface area contributed by atoms with Gasteiger partial charge in [0, 0.05) is 18.5 Å². The van der Waals surface area contributed by atoms with Gasteiger partial charge in [0.25, 0.3) is 0 Å². The zero-order chi connectivity index (χ0) is 20.1. The highest BCUT2D eigenvalue weighted by molar-refractivity contribution is 7.13. The van der Waals surface area contributed by atoms with Gasteiger partial charge in [0.1, 0.15) is 5.51 Å². The fourth-order valence-electron chi connectivity index (χ4n) is 3.25. The van der Waals surface area contributed by atoms with Gasteiger partial charge in [0.05, 0.1) is 5.41 Å². The van der Waals surface area contributed by atoms with E-state index in [2.05, 4.69) is 20.8 Å². The Morgan fingerprint density at radius 1 is 0.964 bits per heavy atom. The summed E-state index contributed by atoms with van der Waals surface area (Å²) in [6.07, 6.45) is 0. The van der Waals surface area contributed by atoms with E-state index in [1.807, 2.05) is 68.4 Å². The molecule has 0 aliphatic rings. The first-order valence-corrected chi connectivity index (χ1v) is 9.76. The predicted octanol–water partition coefficient (Wildman–Crippen LogP) is 4.29. The SMILES string of the molecule is CC(=O)Nc1ccc(C(c2ccccc2)C(C)(C)C(=O)Nc2nncs2)cc1. The maximum Gasteiger partial charge on any atom is 0.232 e. The third kappa shape index (κ3) is 4.43. The molecule has 0 aliphatic heterocycles. The Kier molecular flexibility index (Phi) is 5.84. The fourth-order valence-corrected chi connectivity index (χ4v) is 3.69. The average Bonchev–Trinajstić information content (AvgIpc) is 3.17. The molecule has 0 spiro atoms. The Morgan fingerprint density at radius 3 is 2.18 bits per heavy atom. The van der Waals surface area contributed by atoms with Gasteiger partial charge in [-0.25, -0.2) is 0 Å². The molecule has 3 aromatic rings. The summed E-state index contributed by atoms with van der Waals surface area (Å²) in [5, 5.41) is 13.8. The Bertz CT molecular complexity index is 938. The van der Waals surface area contributed by atoms with E-state index in [9.17, 15) is 9.59 Å². The molecule has 1 unspecified atom stereocenters. The molecule has 0 fully saturated rings. The van der Waals surface area contributed by atoms with E-state index in [4.69, 9.17) is 0 Å². The van der Waals surface area contributed by atoms with Crippen LogP contribution in [0.1, 0.15) is 37.8 Å². The van der Waals surface area contributed by atoms with Crippen LogP contribution < -0.4 is 10.6 Å². The number of benzene rings is 2. The Labute approximate surface area is 168 Å². The third-order valence-electron chi connectivity index (χ3n) is 4.58. The lowest BCUT2D eigenvalue weighted by Crippen LogP contribution is -2.37. The lowest BCUT2D eigenvalue weighted by molar-refractivity contribution is -0.124. The van der Waals surface area contributed by atoms with Crippen molar-refractivity contribution in [2.24, 2.45) is 5.41 Å². The second-order valence-electron chi connectivity index (χ2n) is 7.07. The van der Waals surface area contributed by atoms with Crippen LogP contribution in [0.4, 0.5) is 10.8 Å². The maximum absolute atomic E-state index is 13.1. The van der Waals surface area contributed by atoms with Crippen molar-refractivity contribution in [1.29, 1.82) is 0 Å². The molecule has 0 saturated heterocycles. The number of nitrogens with zero attached hydrogens (tertiary/aromatic N) is 2. The topological polar surface area (TPSA) is 84.0 Å². The highest BCUT2D eigenvalue weighted by Gasteiger charge is 2.39. The predicted molar refractivity (Wildman–Crippen MR) is 111 cm³/mol. The number of aromatic nitrogens is 2. The molecule has 0 radical (unpaired) electrons. The van der Waals surface area contributed by atoms with Crippen LogP contribution in [0.15, 0.2) is 60.1 Å². The fraction of sp³-hybridized carbons (Fsp3) is 0.238. The van der Waals surface area contributed by atoms with Gasteiger partial charge in [-0.15, -0.1) is 10.2 Å². The summed E-state index contributed by atoms with van der Waals surface area (Å²) in [5.41, 5.74) is 3.56. The number of anilines is 2. The van der Waals surface area contributed by atoms with Crippen LogP contribution in [0.2, 0.25) is 0 Å². The van der Waals surface area contributed by atoms with Crippen molar-refractivity contribution in [1.82, 2.24) is 10.2 Å². The van der Waals surface area contributed by atoms with Crippen LogP contribution in [-0.4, -0.2) is 22.0 Å².